The number of hydrogen-bond acceptors (Lipinski definition) is 7. The van der Waals surface area contributed by atoms with Crippen molar-refractivity contribution in [2.75, 3.05) is 19.0 Å². The molecule has 3 rings (SSSR count). The zero-order valence-electron chi connectivity index (χ0n) is 15.4. The van der Waals surface area contributed by atoms with E-state index in [2.05, 4.69) is 10.3 Å². The van der Waals surface area contributed by atoms with Gasteiger partial charge in [-0.3, -0.25) is 4.79 Å². The summed E-state index contributed by atoms with van der Waals surface area (Å²) in [5, 5.41) is 5.07. The van der Waals surface area contributed by atoms with E-state index in [0.717, 1.165) is 16.3 Å². The van der Waals surface area contributed by atoms with Crippen LogP contribution in [0.15, 0.2) is 58.3 Å². The molecule has 1 N–H and O–H groups in total. The number of carbonyl (C=O) groups excluding carboxylic acids is 2. The summed E-state index contributed by atoms with van der Waals surface area (Å²) >= 11 is 9.12. The minimum Gasteiger partial charge on any atom is -0.495 e. The zero-order valence-corrected chi connectivity index (χ0v) is 17.8. The van der Waals surface area contributed by atoms with Crippen LogP contribution in [0.1, 0.15) is 16.1 Å². The number of anilines is 1. The molecule has 1 heterocycles. The fourth-order valence-electron chi connectivity index (χ4n) is 2.33. The van der Waals surface area contributed by atoms with Crippen LogP contribution in [0, 0.1) is 0 Å². The molecule has 0 spiro atoms. The first-order valence-electron chi connectivity index (χ1n) is 8.45. The highest BCUT2D eigenvalue weighted by Crippen LogP contribution is 2.27. The largest absolute Gasteiger partial charge is 0.495 e. The highest BCUT2D eigenvalue weighted by Gasteiger charge is 2.13. The number of methoxy groups -OCH3 is 1. The number of amides is 1. The Balaban J connectivity index is 1.50. The normalized spacial score (nSPS) is 10.4. The van der Waals surface area contributed by atoms with Crippen molar-refractivity contribution in [3.05, 3.63) is 69.6 Å². The second kappa shape index (κ2) is 10.3. The molecule has 0 aliphatic heterocycles. The molecule has 0 saturated carbocycles. The lowest BCUT2D eigenvalue weighted by atomic mass is 10.2. The molecule has 0 atom stereocenters. The van der Waals surface area contributed by atoms with Crippen molar-refractivity contribution in [2.24, 2.45) is 0 Å². The van der Waals surface area contributed by atoms with Crippen LogP contribution in [0.3, 0.4) is 0 Å². The Morgan fingerprint density at radius 3 is 2.69 bits per heavy atom. The number of hydrogen-bond donors (Lipinski definition) is 1. The first-order chi connectivity index (χ1) is 14.0. The summed E-state index contributed by atoms with van der Waals surface area (Å²) in [6.07, 6.45) is 0. The molecule has 0 aliphatic rings. The molecule has 0 radical (unpaired) electrons. The smallest absolute Gasteiger partial charge is 0.338 e. The Hall–Kier alpha value is -2.55. The zero-order chi connectivity index (χ0) is 20.6. The topological polar surface area (TPSA) is 77.5 Å². The number of benzene rings is 2. The van der Waals surface area contributed by atoms with Crippen LogP contribution in [-0.2, 0) is 15.3 Å². The highest BCUT2D eigenvalue weighted by atomic mass is 35.5. The number of aromatic nitrogens is 1. The molecule has 3 aromatic rings. The lowest BCUT2D eigenvalue weighted by Gasteiger charge is -2.11. The minimum atomic E-state index is -0.575. The van der Waals surface area contributed by atoms with Crippen LogP contribution in [0.5, 0.6) is 5.75 Å². The summed E-state index contributed by atoms with van der Waals surface area (Å²) in [6, 6.07) is 11.9. The number of nitrogens with zero attached hydrogens (tertiary/aromatic N) is 1. The molecule has 0 saturated heterocycles. The SMILES string of the molecule is COc1ccc(Cl)cc1NC(=O)COC(=O)c1ccc(SCc2cscn2)cc1. The van der Waals surface area contributed by atoms with Crippen molar-refractivity contribution in [3.8, 4) is 5.75 Å². The van der Waals surface area contributed by atoms with Gasteiger partial charge in [0.15, 0.2) is 6.61 Å². The van der Waals surface area contributed by atoms with Crippen molar-refractivity contribution >= 4 is 52.3 Å². The van der Waals surface area contributed by atoms with Gasteiger partial charge in [0.25, 0.3) is 5.91 Å². The van der Waals surface area contributed by atoms with Crippen molar-refractivity contribution in [1.29, 1.82) is 0 Å². The van der Waals surface area contributed by atoms with E-state index in [-0.39, 0.29) is 0 Å². The van der Waals surface area contributed by atoms with Crippen molar-refractivity contribution in [1.82, 2.24) is 4.98 Å². The van der Waals surface area contributed by atoms with E-state index in [9.17, 15) is 9.59 Å². The number of esters is 1. The fraction of sp³-hybridized carbons (Fsp3) is 0.150. The monoisotopic (exact) mass is 448 g/mol. The number of rotatable bonds is 8. The average molecular weight is 449 g/mol. The van der Waals surface area contributed by atoms with Crippen LogP contribution >= 0.6 is 34.7 Å². The van der Waals surface area contributed by atoms with Gasteiger partial charge in [0, 0.05) is 21.1 Å². The molecule has 0 bridgehead atoms. The van der Waals surface area contributed by atoms with Crippen molar-refractivity contribution in [3.63, 3.8) is 0 Å². The van der Waals surface area contributed by atoms with Crippen LogP contribution in [0.4, 0.5) is 5.69 Å². The molecule has 29 heavy (non-hydrogen) atoms. The molecule has 2 aromatic carbocycles. The van der Waals surface area contributed by atoms with Crippen LogP contribution < -0.4 is 10.1 Å². The van der Waals surface area contributed by atoms with Gasteiger partial charge in [-0.05, 0) is 42.5 Å². The fourth-order valence-corrected chi connectivity index (χ4v) is 3.97. The van der Waals surface area contributed by atoms with E-state index in [1.165, 1.54) is 7.11 Å². The lowest BCUT2D eigenvalue weighted by molar-refractivity contribution is -0.119. The van der Waals surface area contributed by atoms with E-state index >= 15 is 0 Å². The first kappa shape index (κ1) is 21.2. The maximum Gasteiger partial charge on any atom is 0.338 e. The third-order valence-electron chi connectivity index (χ3n) is 3.73. The second-order valence-corrected chi connectivity index (χ2v) is 7.97. The standard InChI is InChI=1S/C20H17ClN2O4S2/c1-26-18-7-4-14(21)8-17(18)23-19(24)9-27-20(25)13-2-5-16(6-3-13)29-11-15-10-28-12-22-15/h2-8,10,12H,9,11H2,1H3,(H,23,24). The van der Waals surface area contributed by atoms with Crippen LogP contribution in [0.2, 0.25) is 5.02 Å². The Morgan fingerprint density at radius 1 is 1.21 bits per heavy atom. The van der Waals surface area contributed by atoms with Crippen molar-refractivity contribution in [2.45, 2.75) is 10.6 Å². The molecule has 6 nitrogen and oxygen atoms in total. The molecule has 1 amide bonds. The van der Waals surface area contributed by atoms with Gasteiger partial charge < -0.3 is 14.8 Å². The van der Waals surface area contributed by atoms with Crippen LogP contribution in [-0.4, -0.2) is 30.6 Å². The number of thiazole rings is 1. The Morgan fingerprint density at radius 2 is 2.00 bits per heavy atom. The molecule has 0 unspecified atom stereocenters. The van der Waals surface area contributed by atoms with Gasteiger partial charge in [-0.25, -0.2) is 9.78 Å². The highest BCUT2D eigenvalue weighted by molar-refractivity contribution is 7.98. The predicted octanol–water partition coefficient (Wildman–Crippen LogP) is 4.89. The van der Waals surface area contributed by atoms with E-state index < -0.39 is 18.5 Å². The molecular formula is C20H17ClN2O4S2. The molecule has 150 valence electrons. The molecular weight excluding hydrogens is 432 g/mol. The summed E-state index contributed by atoms with van der Waals surface area (Å²) in [7, 11) is 1.48. The number of thioether (sulfide) groups is 1. The minimum absolute atomic E-state index is 0.371. The van der Waals surface area contributed by atoms with Crippen LogP contribution in [0.25, 0.3) is 0 Å². The maximum absolute atomic E-state index is 12.2. The second-order valence-electron chi connectivity index (χ2n) is 5.76. The third-order valence-corrected chi connectivity index (χ3v) is 5.65. The summed E-state index contributed by atoms with van der Waals surface area (Å²) in [5.41, 5.74) is 3.60. The summed E-state index contributed by atoms with van der Waals surface area (Å²) < 4.78 is 10.2. The molecule has 0 fully saturated rings. The van der Waals surface area contributed by atoms with E-state index in [1.54, 1.807) is 58.9 Å². The lowest BCUT2D eigenvalue weighted by Crippen LogP contribution is -2.21. The number of halogens is 1. The maximum atomic E-state index is 12.2. The quantitative estimate of drug-likeness (QED) is 0.390. The van der Waals surface area contributed by atoms with Gasteiger partial charge in [0.1, 0.15) is 5.75 Å². The van der Waals surface area contributed by atoms with Gasteiger partial charge in [0.2, 0.25) is 0 Å². The molecule has 0 aliphatic carbocycles. The number of ether oxygens (including phenoxy) is 2. The van der Waals surface area contributed by atoms with E-state index in [0.29, 0.717) is 22.0 Å². The Bertz CT molecular complexity index is 979. The first-order valence-corrected chi connectivity index (χ1v) is 10.8. The number of carbonyl (C=O) groups is 2. The average Bonchev–Trinajstić information content (AvgIpc) is 3.25. The number of nitrogens with one attached hydrogen (secondary N) is 1. The summed E-state index contributed by atoms with van der Waals surface area (Å²) in [5.74, 6) is 0.156. The Kier molecular flexibility index (Phi) is 7.51. The van der Waals surface area contributed by atoms with Gasteiger partial charge in [-0.1, -0.05) is 11.6 Å². The third kappa shape index (κ3) is 6.22. The molecule has 1 aromatic heterocycles. The van der Waals surface area contributed by atoms with E-state index in [1.807, 2.05) is 17.5 Å². The van der Waals surface area contributed by atoms with Gasteiger partial charge >= 0.3 is 5.97 Å². The Labute approximate surface area is 181 Å². The molecule has 9 heteroatoms. The predicted molar refractivity (Wildman–Crippen MR) is 115 cm³/mol. The summed E-state index contributed by atoms with van der Waals surface area (Å²) in [4.78, 5) is 29.5. The van der Waals surface area contributed by atoms with E-state index in [4.69, 9.17) is 21.1 Å². The van der Waals surface area contributed by atoms with Crippen molar-refractivity contribution < 1.29 is 19.1 Å². The van der Waals surface area contributed by atoms with Gasteiger partial charge in [-0.15, -0.1) is 23.1 Å². The van der Waals surface area contributed by atoms with Gasteiger partial charge in [-0.2, -0.15) is 0 Å². The summed E-state index contributed by atoms with van der Waals surface area (Å²) in [6.45, 7) is -0.422. The van der Waals surface area contributed by atoms with Gasteiger partial charge in [0.05, 0.1) is 29.6 Å².